The molecule has 6 heteroatoms. The average Bonchev–Trinajstić information content (AvgIpc) is 3.78. The van der Waals surface area contributed by atoms with Gasteiger partial charge in [0, 0.05) is 49.4 Å². The molecule has 0 aliphatic rings. The van der Waals surface area contributed by atoms with Gasteiger partial charge in [-0.2, -0.15) is 0 Å². The van der Waals surface area contributed by atoms with E-state index in [0.717, 1.165) is 82.9 Å². The Labute approximate surface area is 313 Å². The Morgan fingerprint density at radius 2 is 1.35 bits per heavy atom. The van der Waals surface area contributed by atoms with E-state index in [-0.39, 0.29) is 26.8 Å². The van der Waals surface area contributed by atoms with Gasteiger partial charge >= 0.3 is 0 Å². The summed E-state index contributed by atoms with van der Waals surface area (Å²) < 4.78 is 8.72. The van der Waals surface area contributed by atoms with Gasteiger partial charge in [-0.25, -0.2) is 4.98 Å². The number of para-hydroxylation sites is 3. The first-order valence-corrected chi connectivity index (χ1v) is 16.9. The Hall–Kier alpha value is -6.29. The summed E-state index contributed by atoms with van der Waals surface area (Å²) in [6.45, 7) is 0. The number of pyridine rings is 1. The third-order valence-corrected chi connectivity index (χ3v) is 9.64. The fourth-order valence-electron chi connectivity index (χ4n) is 7.30. The first-order valence-electron chi connectivity index (χ1n) is 16.9. The molecule has 0 saturated heterocycles. The van der Waals surface area contributed by atoms with Gasteiger partial charge in [-0.15, -0.1) is 23.8 Å². The van der Waals surface area contributed by atoms with Crippen molar-refractivity contribution >= 4 is 43.7 Å². The van der Waals surface area contributed by atoms with E-state index in [1.165, 1.54) is 0 Å². The Kier molecular flexibility index (Phi) is 7.79. The van der Waals surface area contributed by atoms with E-state index in [4.69, 9.17) is 14.4 Å². The molecular formula is C46H28N3O2Pt-. The van der Waals surface area contributed by atoms with Crippen molar-refractivity contribution in [1.82, 2.24) is 14.5 Å². The van der Waals surface area contributed by atoms with Crippen LogP contribution in [-0.2, 0) is 21.1 Å². The quantitative estimate of drug-likeness (QED) is 0.175. The number of aromatic hydroxyl groups is 1. The van der Waals surface area contributed by atoms with E-state index in [1.807, 2.05) is 60.8 Å². The van der Waals surface area contributed by atoms with Gasteiger partial charge in [0.15, 0.2) is 0 Å². The number of aromatic nitrogens is 3. The van der Waals surface area contributed by atoms with Crippen LogP contribution in [-0.4, -0.2) is 19.6 Å². The van der Waals surface area contributed by atoms with Gasteiger partial charge in [0.25, 0.3) is 0 Å². The topological polar surface area (TPSA) is 64.1 Å². The van der Waals surface area contributed by atoms with E-state index in [2.05, 4.69) is 108 Å². The zero-order valence-corrected chi connectivity index (χ0v) is 29.9. The summed E-state index contributed by atoms with van der Waals surface area (Å²) in [5, 5.41) is 15.4. The third kappa shape index (κ3) is 5.13. The number of imidazole rings is 1. The summed E-state index contributed by atoms with van der Waals surface area (Å²) in [6, 6.07) is 56.7. The normalized spacial score (nSPS) is 11.4. The minimum atomic E-state index is 0. The number of phenols is 1. The van der Waals surface area contributed by atoms with Crippen LogP contribution in [0, 0.1) is 6.07 Å². The van der Waals surface area contributed by atoms with Crippen molar-refractivity contribution in [2.75, 3.05) is 0 Å². The Morgan fingerprint density at radius 1 is 0.615 bits per heavy atom. The minimum Gasteiger partial charge on any atom is -0.507 e. The molecule has 0 bridgehead atoms. The van der Waals surface area contributed by atoms with Gasteiger partial charge in [-0.05, 0) is 58.8 Å². The van der Waals surface area contributed by atoms with Crippen LogP contribution in [0.15, 0.2) is 168 Å². The first kappa shape index (κ1) is 31.7. The van der Waals surface area contributed by atoms with Crippen LogP contribution in [0.3, 0.4) is 0 Å². The van der Waals surface area contributed by atoms with Crippen molar-refractivity contribution in [3.8, 4) is 56.3 Å². The Bertz CT molecular complexity index is 2930. The summed E-state index contributed by atoms with van der Waals surface area (Å²) in [6.07, 6.45) is 1.86. The second-order valence-corrected chi connectivity index (χ2v) is 12.7. The monoisotopic (exact) mass is 849 g/mol. The Morgan fingerprint density at radius 3 is 2.19 bits per heavy atom. The summed E-state index contributed by atoms with van der Waals surface area (Å²) in [4.78, 5) is 10.2. The van der Waals surface area contributed by atoms with Gasteiger partial charge in [0.2, 0.25) is 0 Å². The molecule has 3 heterocycles. The molecule has 0 fully saturated rings. The number of furan rings is 1. The maximum atomic E-state index is 11.0. The molecule has 0 radical (unpaired) electrons. The van der Waals surface area contributed by atoms with Crippen LogP contribution < -0.4 is 0 Å². The maximum absolute atomic E-state index is 11.0. The van der Waals surface area contributed by atoms with Crippen molar-refractivity contribution in [3.05, 3.63) is 170 Å². The molecule has 10 rings (SSSR count). The van der Waals surface area contributed by atoms with E-state index < -0.39 is 0 Å². The fourth-order valence-corrected chi connectivity index (χ4v) is 7.30. The fraction of sp³-hybridized carbons (Fsp3) is 0. The van der Waals surface area contributed by atoms with Crippen LogP contribution in [0.4, 0.5) is 0 Å². The van der Waals surface area contributed by atoms with E-state index >= 15 is 0 Å². The molecule has 250 valence electrons. The molecule has 10 aromatic rings. The molecule has 0 unspecified atom stereocenters. The predicted octanol–water partition coefficient (Wildman–Crippen LogP) is 11.6. The smallest absolute Gasteiger partial charge is 0.148 e. The summed E-state index contributed by atoms with van der Waals surface area (Å²) >= 11 is 0. The molecule has 52 heavy (non-hydrogen) atoms. The summed E-state index contributed by atoms with van der Waals surface area (Å²) in [7, 11) is 0. The zero-order chi connectivity index (χ0) is 33.9. The van der Waals surface area contributed by atoms with Gasteiger partial charge < -0.3 is 9.52 Å². The second kappa shape index (κ2) is 12.8. The van der Waals surface area contributed by atoms with Crippen molar-refractivity contribution < 1.29 is 30.6 Å². The van der Waals surface area contributed by atoms with Gasteiger partial charge in [0.1, 0.15) is 22.7 Å². The predicted molar refractivity (Wildman–Crippen MR) is 206 cm³/mol. The van der Waals surface area contributed by atoms with Crippen molar-refractivity contribution in [1.29, 1.82) is 0 Å². The van der Waals surface area contributed by atoms with E-state index in [0.29, 0.717) is 11.4 Å². The molecule has 0 spiro atoms. The first-order chi connectivity index (χ1) is 25.2. The molecule has 1 N–H and O–H groups in total. The van der Waals surface area contributed by atoms with Crippen LogP contribution in [0.5, 0.6) is 5.75 Å². The third-order valence-electron chi connectivity index (χ3n) is 9.64. The maximum Gasteiger partial charge on any atom is 0.148 e. The minimum absolute atomic E-state index is 0. The summed E-state index contributed by atoms with van der Waals surface area (Å²) in [5.74, 6) is 0.825. The summed E-state index contributed by atoms with van der Waals surface area (Å²) in [5.41, 5.74) is 10.3. The molecular weight excluding hydrogens is 822 g/mol. The molecule has 0 aliphatic heterocycles. The van der Waals surface area contributed by atoms with Gasteiger partial charge in [-0.1, -0.05) is 120 Å². The molecule has 3 aromatic heterocycles. The number of nitrogens with zero attached hydrogens (tertiary/aromatic N) is 3. The van der Waals surface area contributed by atoms with Gasteiger partial charge in [-0.3, -0.25) is 9.55 Å². The van der Waals surface area contributed by atoms with E-state index in [1.54, 1.807) is 6.07 Å². The SMILES string of the molecule is Oc1ccccc1-c1nc2c(-c3[c-]c(-c4nccc5c4oc4ccc6ccccc6c45)cc(-c4ccccc4)c3)cccc2n1-c1ccccc1.[Pt]. The van der Waals surface area contributed by atoms with E-state index in [9.17, 15) is 5.11 Å². The number of fused-ring (bicyclic) bond motifs is 6. The molecule has 7 aromatic carbocycles. The molecule has 0 aliphatic carbocycles. The second-order valence-electron chi connectivity index (χ2n) is 12.7. The standard InChI is InChI=1S/C46H28N3O2.Pt/c50-40-21-10-9-18-37(40)46-48-44-36(19-11-20-39(44)49(46)34-15-5-2-6-16-34)32-26-31(29-12-3-1-4-13-29)27-33(28-32)43-45-38(24-25-47-43)42-35-17-8-7-14-30(35)22-23-41(42)51-45;/h1-27,50H;/q-1;. The molecule has 0 atom stereocenters. The Balaban J connectivity index is 0.00000360. The number of rotatable bonds is 5. The molecule has 0 amide bonds. The number of phenolic OH excluding ortho intramolecular Hbond substituents is 1. The van der Waals surface area contributed by atoms with Crippen LogP contribution >= 0.6 is 0 Å². The van der Waals surface area contributed by atoms with Crippen molar-refractivity contribution in [3.63, 3.8) is 0 Å². The molecule has 5 nitrogen and oxygen atoms in total. The average molecular weight is 850 g/mol. The largest absolute Gasteiger partial charge is 0.507 e. The van der Waals surface area contributed by atoms with Crippen molar-refractivity contribution in [2.45, 2.75) is 0 Å². The van der Waals surface area contributed by atoms with Crippen molar-refractivity contribution in [2.24, 2.45) is 0 Å². The van der Waals surface area contributed by atoms with Crippen LogP contribution in [0.1, 0.15) is 0 Å². The number of benzene rings is 7. The number of hydrogen-bond donors (Lipinski definition) is 1. The zero-order valence-electron chi connectivity index (χ0n) is 27.6. The number of hydrogen-bond acceptors (Lipinski definition) is 4. The van der Waals surface area contributed by atoms with Crippen LogP contribution in [0.2, 0.25) is 0 Å². The molecule has 0 saturated carbocycles. The van der Waals surface area contributed by atoms with Crippen LogP contribution in [0.25, 0.3) is 94.3 Å². The van der Waals surface area contributed by atoms with Gasteiger partial charge in [0.05, 0.1) is 16.6 Å².